The number of piperidine rings is 1. The van der Waals surface area contributed by atoms with Crippen LogP contribution in [0.15, 0.2) is 40.6 Å². The molecule has 0 aliphatic carbocycles. The van der Waals surface area contributed by atoms with E-state index < -0.39 is 18.2 Å². The highest BCUT2D eigenvalue weighted by Crippen LogP contribution is 2.39. The summed E-state index contributed by atoms with van der Waals surface area (Å²) >= 11 is 21.0. The predicted molar refractivity (Wildman–Crippen MR) is 127 cm³/mol. The van der Waals surface area contributed by atoms with E-state index in [0.29, 0.717) is 15.6 Å². The highest BCUT2D eigenvalue weighted by molar-refractivity contribution is 9.10. The van der Waals surface area contributed by atoms with Crippen molar-refractivity contribution >= 4 is 62.7 Å². The van der Waals surface area contributed by atoms with Crippen molar-refractivity contribution in [3.8, 4) is 0 Å². The zero-order valence-corrected chi connectivity index (χ0v) is 20.4. The minimum absolute atomic E-state index is 0.0109. The minimum Gasteiger partial charge on any atom is -0.349 e. The second-order valence-corrected chi connectivity index (χ2v) is 9.42. The first kappa shape index (κ1) is 25.4. The highest BCUT2D eigenvalue weighted by Gasteiger charge is 2.29. The van der Waals surface area contributed by atoms with Gasteiger partial charge in [0.2, 0.25) is 0 Å². The summed E-state index contributed by atoms with van der Waals surface area (Å²) in [5, 5.41) is 6.12. The van der Waals surface area contributed by atoms with Crippen LogP contribution in [0.1, 0.15) is 40.2 Å². The number of halogens is 7. The molecule has 1 saturated heterocycles. The minimum atomic E-state index is -3.04. The molecule has 0 saturated carbocycles. The maximum Gasteiger partial charge on any atom is 0.252 e. The number of carbonyl (C=O) groups excluding carboxylic acids is 1. The first-order chi connectivity index (χ1) is 15.2. The van der Waals surface area contributed by atoms with Gasteiger partial charge in [-0.05, 0) is 83.3 Å². The lowest BCUT2D eigenvalue weighted by Crippen LogP contribution is -2.42. The van der Waals surface area contributed by atoms with Gasteiger partial charge < -0.3 is 10.6 Å². The Hall–Kier alpha value is -1.25. The summed E-state index contributed by atoms with van der Waals surface area (Å²) in [5.41, 5.74) is 0.595. The molecule has 1 aliphatic heterocycles. The standard InChI is InChI=1S/C22H19BrCl3F3N2O/c23-15-7-11(1-2-14(15)22(32)31-13-3-5-30-6-4-13)8-18(27)19(21(28)29)12-9-16(24)20(26)17(25)10-12/h1-2,7-10,13,19,21,30H,3-6H2,(H,31,32). The lowest BCUT2D eigenvalue weighted by atomic mass is 9.96. The Kier molecular flexibility index (Phi) is 8.92. The molecule has 2 aromatic carbocycles. The molecule has 2 N–H and O–H groups in total. The summed E-state index contributed by atoms with van der Waals surface area (Å²) in [6.45, 7) is 1.68. The molecule has 172 valence electrons. The van der Waals surface area contributed by atoms with Crippen LogP contribution in [0.4, 0.5) is 13.2 Å². The van der Waals surface area contributed by atoms with Crippen LogP contribution in [0.25, 0.3) is 6.08 Å². The fraction of sp³-hybridized carbons (Fsp3) is 0.318. The van der Waals surface area contributed by atoms with Crippen molar-refractivity contribution in [1.82, 2.24) is 10.6 Å². The normalized spacial score (nSPS) is 16.3. The van der Waals surface area contributed by atoms with Crippen LogP contribution in [0.3, 0.4) is 0 Å². The topological polar surface area (TPSA) is 41.1 Å². The van der Waals surface area contributed by atoms with Crippen molar-refractivity contribution in [2.24, 2.45) is 0 Å². The van der Waals surface area contributed by atoms with Gasteiger partial charge in [0, 0.05) is 10.5 Å². The molecule has 32 heavy (non-hydrogen) atoms. The van der Waals surface area contributed by atoms with E-state index >= 15 is 0 Å². The van der Waals surface area contributed by atoms with Gasteiger partial charge in [0.05, 0.1) is 26.5 Å². The van der Waals surface area contributed by atoms with Crippen LogP contribution in [-0.4, -0.2) is 31.5 Å². The molecule has 3 rings (SSSR count). The van der Waals surface area contributed by atoms with Crippen molar-refractivity contribution in [3.05, 3.63) is 72.4 Å². The number of benzene rings is 2. The van der Waals surface area contributed by atoms with E-state index in [0.717, 1.165) is 32.0 Å². The molecule has 10 heteroatoms. The molecule has 1 aliphatic rings. The molecule has 1 fully saturated rings. The van der Waals surface area contributed by atoms with Crippen LogP contribution >= 0.6 is 50.7 Å². The van der Waals surface area contributed by atoms with E-state index in [1.807, 2.05) is 0 Å². The Bertz CT molecular complexity index is 1010. The van der Waals surface area contributed by atoms with Gasteiger partial charge in [-0.3, -0.25) is 4.79 Å². The van der Waals surface area contributed by atoms with Crippen molar-refractivity contribution in [2.45, 2.75) is 31.2 Å². The zero-order valence-electron chi connectivity index (χ0n) is 16.6. The number of amides is 1. The number of rotatable bonds is 6. The first-order valence-corrected chi connectivity index (χ1v) is 11.7. The second kappa shape index (κ2) is 11.3. The predicted octanol–water partition coefficient (Wildman–Crippen LogP) is 7.25. The number of hydrogen-bond donors (Lipinski definition) is 2. The van der Waals surface area contributed by atoms with Gasteiger partial charge in [-0.25, -0.2) is 13.2 Å². The summed E-state index contributed by atoms with van der Waals surface area (Å²) in [5.74, 6) is -3.20. The molecule has 3 nitrogen and oxygen atoms in total. The van der Waals surface area contributed by atoms with Gasteiger partial charge >= 0.3 is 0 Å². The molecular weight excluding hydrogens is 552 g/mol. The van der Waals surface area contributed by atoms with E-state index in [-0.39, 0.29) is 32.6 Å². The van der Waals surface area contributed by atoms with E-state index in [1.54, 1.807) is 0 Å². The van der Waals surface area contributed by atoms with Gasteiger partial charge in [0.1, 0.15) is 5.83 Å². The van der Waals surface area contributed by atoms with Gasteiger partial charge in [-0.1, -0.05) is 40.9 Å². The Balaban J connectivity index is 1.83. The smallest absolute Gasteiger partial charge is 0.252 e. The number of nitrogens with one attached hydrogen (secondary N) is 2. The van der Waals surface area contributed by atoms with Crippen LogP contribution in [0, 0.1) is 0 Å². The average Bonchev–Trinajstić information content (AvgIpc) is 2.72. The summed E-state index contributed by atoms with van der Waals surface area (Å²) in [6.07, 6.45) is -0.378. The van der Waals surface area contributed by atoms with Crippen molar-refractivity contribution in [3.63, 3.8) is 0 Å². The average molecular weight is 571 g/mol. The lowest BCUT2D eigenvalue weighted by Gasteiger charge is -2.23. The summed E-state index contributed by atoms with van der Waals surface area (Å²) in [7, 11) is 0. The highest BCUT2D eigenvalue weighted by atomic mass is 79.9. The Labute approximate surface area is 207 Å². The van der Waals surface area contributed by atoms with Gasteiger partial charge in [0.25, 0.3) is 12.3 Å². The third kappa shape index (κ3) is 6.20. The maximum absolute atomic E-state index is 14.9. The van der Waals surface area contributed by atoms with Crippen LogP contribution in [0.5, 0.6) is 0 Å². The van der Waals surface area contributed by atoms with E-state index in [1.165, 1.54) is 30.3 Å². The number of allylic oxidation sites excluding steroid dienone is 1. The van der Waals surface area contributed by atoms with Gasteiger partial charge in [-0.2, -0.15) is 0 Å². The van der Waals surface area contributed by atoms with E-state index in [9.17, 15) is 18.0 Å². The molecule has 1 atom stereocenters. The fourth-order valence-electron chi connectivity index (χ4n) is 3.46. The Morgan fingerprint density at radius 3 is 2.31 bits per heavy atom. The van der Waals surface area contributed by atoms with E-state index in [4.69, 9.17) is 34.8 Å². The molecule has 2 aromatic rings. The van der Waals surface area contributed by atoms with Crippen LogP contribution in [0.2, 0.25) is 15.1 Å². The lowest BCUT2D eigenvalue weighted by molar-refractivity contribution is 0.0928. The monoisotopic (exact) mass is 568 g/mol. The van der Waals surface area contributed by atoms with Crippen molar-refractivity contribution in [2.75, 3.05) is 13.1 Å². The van der Waals surface area contributed by atoms with Crippen molar-refractivity contribution in [1.29, 1.82) is 0 Å². The first-order valence-electron chi connectivity index (χ1n) is 9.78. The summed E-state index contributed by atoms with van der Waals surface area (Å²) < 4.78 is 42.8. The number of alkyl halides is 2. The summed E-state index contributed by atoms with van der Waals surface area (Å²) in [6, 6.07) is 6.94. The largest absolute Gasteiger partial charge is 0.349 e. The van der Waals surface area contributed by atoms with Crippen LogP contribution < -0.4 is 10.6 Å². The number of hydrogen-bond acceptors (Lipinski definition) is 2. The van der Waals surface area contributed by atoms with Crippen molar-refractivity contribution < 1.29 is 18.0 Å². The zero-order chi connectivity index (χ0) is 23.4. The quantitative estimate of drug-likeness (QED) is 0.359. The third-order valence-corrected chi connectivity index (χ3v) is 6.98. The molecule has 0 spiro atoms. The molecule has 1 heterocycles. The molecule has 0 aromatic heterocycles. The Morgan fingerprint density at radius 1 is 1.12 bits per heavy atom. The summed E-state index contributed by atoms with van der Waals surface area (Å²) in [4.78, 5) is 12.6. The molecule has 1 unspecified atom stereocenters. The van der Waals surface area contributed by atoms with Crippen LogP contribution in [-0.2, 0) is 0 Å². The Morgan fingerprint density at radius 2 is 1.75 bits per heavy atom. The number of carbonyl (C=O) groups is 1. The van der Waals surface area contributed by atoms with E-state index in [2.05, 4.69) is 26.6 Å². The van der Waals surface area contributed by atoms with Gasteiger partial charge in [-0.15, -0.1) is 0 Å². The molecule has 0 radical (unpaired) electrons. The third-order valence-electron chi connectivity index (χ3n) is 5.13. The molecule has 1 amide bonds. The van der Waals surface area contributed by atoms with Gasteiger partial charge in [0.15, 0.2) is 0 Å². The fourth-order valence-corrected chi connectivity index (χ4v) is 4.65. The maximum atomic E-state index is 14.9. The second-order valence-electron chi connectivity index (χ2n) is 7.38. The molecule has 0 bridgehead atoms. The molecular formula is C22H19BrCl3F3N2O. The SMILES string of the molecule is O=C(NC1CCNCC1)c1ccc(C=C(F)C(c2cc(Cl)c(Cl)c(Cl)c2)C(F)F)cc1Br.